The number of aryl methyl sites for hydroxylation is 1. The van der Waals surface area contributed by atoms with Crippen LogP contribution in [-0.2, 0) is 6.54 Å². The van der Waals surface area contributed by atoms with Crippen molar-refractivity contribution in [2.75, 3.05) is 30.4 Å². The van der Waals surface area contributed by atoms with Gasteiger partial charge in [0.2, 0.25) is 5.95 Å². The van der Waals surface area contributed by atoms with Gasteiger partial charge in [-0.15, -0.1) is 11.7 Å². The Balaban J connectivity index is 1.50. The lowest BCUT2D eigenvalue weighted by Crippen LogP contribution is -2.41. The first-order valence-corrected chi connectivity index (χ1v) is 13.3. The first-order valence-electron chi connectivity index (χ1n) is 13.3. The Labute approximate surface area is 226 Å². The zero-order chi connectivity index (χ0) is 27.7. The van der Waals surface area contributed by atoms with E-state index in [9.17, 15) is 9.59 Å². The monoisotopic (exact) mass is 529 g/mol. The normalized spacial score (nSPS) is 14.3. The number of rotatable bonds is 8. The van der Waals surface area contributed by atoms with Gasteiger partial charge in [0.25, 0.3) is 11.1 Å². The molecule has 4 aromatic rings. The van der Waals surface area contributed by atoms with Crippen molar-refractivity contribution in [2.45, 2.75) is 52.2 Å². The Kier molecular flexibility index (Phi) is 7.34. The molecule has 5 rings (SSSR count). The third-order valence-corrected chi connectivity index (χ3v) is 7.19. The second-order valence-corrected chi connectivity index (χ2v) is 10.2. The van der Waals surface area contributed by atoms with Crippen LogP contribution in [0.4, 0.5) is 17.3 Å². The molecule has 0 unspecified atom stereocenters. The van der Waals surface area contributed by atoms with Gasteiger partial charge in [-0.2, -0.15) is 4.98 Å². The van der Waals surface area contributed by atoms with E-state index < -0.39 is 0 Å². The summed E-state index contributed by atoms with van der Waals surface area (Å²) in [6, 6.07) is 9.72. The Hall–Kier alpha value is -4.25. The van der Waals surface area contributed by atoms with Gasteiger partial charge in [-0.1, -0.05) is 6.08 Å². The molecular formula is C28H35N9O2. The highest BCUT2D eigenvalue weighted by molar-refractivity contribution is 5.77. The molecule has 0 atom stereocenters. The average molecular weight is 530 g/mol. The minimum Gasteiger partial charge on any atom is -0.371 e. The smallest absolute Gasteiger partial charge is 0.278 e. The molecule has 1 saturated heterocycles. The predicted octanol–water partition coefficient (Wildman–Crippen LogP) is 3.15. The number of anilines is 3. The third kappa shape index (κ3) is 5.09. The SMILES string of the molecule is C=CCn1c(=O)c2cnc(Nc3ccc(N4CCC(NC)CC4)c(C)c3)nc2n1-c1ccc(=O)n(C(C)C)n1. The zero-order valence-corrected chi connectivity index (χ0v) is 22.9. The van der Waals surface area contributed by atoms with Crippen LogP contribution in [-0.4, -0.2) is 55.3 Å². The topological polar surface area (TPSA) is 115 Å². The summed E-state index contributed by atoms with van der Waals surface area (Å²) >= 11 is 0. The molecule has 0 saturated carbocycles. The number of allylic oxidation sites excluding steroid dienone is 1. The van der Waals surface area contributed by atoms with Crippen LogP contribution in [0.3, 0.4) is 0 Å². The van der Waals surface area contributed by atoms with Gasteiger partial charge in [0.05, 0.1) is 12.6 Å². The van der Waals surface area contributed by atoms with Gasteiger partial charge >= 0.3 is 0 Å². The van der Waals surface area contributed by atoms with Gasteiger partial charge in [0, 0.05) is 42.8 Å². The largest absolute Gasteiger partial charge is 0.371 e. The van der Waals surface area contributed by atoms with E-state index in [0.717, 1.165) is 37.2 Å². The molecule has 2 N–H and O–H groups in total. The summed E-state index contributed by atoms with van der Waals surface area (Å²) in [6.07, 6.45) is 5.41. The lowest BCUT2D eigenvalue weighted by molar-refractivity contribution is 0.442. The number of nitrogens with one attached hydrogen (secondary N) is 2. The number of benzene rings is 1. The maximum absolute atomic E-state index is 13.2. The first kappa shape index (κ1) is 26.4. The van der Waals surface area contributed by atoms with Crippen molar-refractivity contribution < 1.29 is 0 Å². The molecule has 1 fully saturated rings. The predicted molar refractivity (Wildman–Crippen MR) is 155 cm³/mol. The van der Waals surface area contributed by atoms with Crippen LogP contribution in [0, 0.1) is 6.92 Å². The van der Waals surface area contributed by atoms with Crippen LogP contribution in [0.1, 0.15) is 38.3 Å². The molecule has 204 valence electrons. The summed E-state index contributed by atoms with van der Waals surface area (Å²) in [7, 11) is 2.03. The van der Waals surface area contributed by atoms with E-state index in [4.69, 9.17) is 4.98 Å². The Morgan fingerprint density at radius 3 is 2.59 bits per heavy atom. The molecule has 11 nitrogen and oxygen atoms in total. The maximum Gasteiger partial charge on any atom is 0.278 e. The molecule has 39 heavy (non-hydrogen) atoms. The average Bonchev–Trinajstić information content (AvgIpc) is 3.20. The van der Waals surface area contributed by atoms with E-state index >= 15 is 0 Å². The molecule has 0 spiro atoms. The molecule has 0 bridgehead atoms. The van der Waals surface area contributed by atoms with E-state index in [1.807, 2.05) is 27.0 Å². The first-order chi connectivity index (χ1) is 18.8. The van der Waals surface area contributed by atoms with Crippen molar-refractivity contribution in [3.05, 3.63) is 75.5 Å². The van der Waals surface area contributed by atoms with Gasteiger partial charge in [0.1, 0.15) is 5.39 Å². The fourth-order valence-electron chi connectivity index (χ4n) is 5.13. The van der Waals surface area contributed by atoms with Crippen molar-refractivity contribution >= 4 is 28.4 Å². The number of fused-ring (bicyclic) bond motifs is 1. The Morgan fingerprint density at radius 2 is 1.92 bits per heavy atom. The lowest BCUT2D eigenvalue weighted by Gasteiger charge is -2.34. The van der Waals surface area contributed by atoms with Crippen molar-refractivity contribution in [2.24, 2.45) is 0 Å². The second kappa shape index (κ2) is 10.9. The Morgan fingerprint density at radius 1 is 1.15 bits per heavy atom. The van der Waals surface area contributed by atoms with Crippen LogP contribution in [0.25, 0.3) is 16.9 Å². The number of aromatic nitrogens is 6. The van der Waals surface area contributed by atoms with Crippen LogP contribution in [0.2, 0.25) is 0 Å². The molecule has 4 heterocycles. The van der Waals surface area contributed by atoms with Gasteiger partial charge in [0.15, 0.2) is 11.5 Å². The van der Waals surface area contributed by atoms with Crippen LogP contribution in [0.5, 0.6) is 0 Å². The molecule has 0 amide bonds. The van der Waals surface area contributed by atoms with Crippen molar-refractivity contribution in [3.63, 3.8) is 0 Å². The highest BCUT2D eigenvalue weighted by atomic mass is 16.1. The molecule has 1 aromatic carbocycles. The van der Waals surface area contributed by atoms with Crippen LogP contribution >= 0.6 is 0 Å². The standard InChI is InChI=1S/C28H35N9O2/c1-6-13-35-27(39)22-17-30-28(32-26(22)37(35)24-9-10-25(38)36(33-24)18(2)3)31-21-7-8-23(19(4)16-21)34-14-11-20(29-5)12-15-34/h6-10,16-18,20,29H,1,11-15H2,2-5H3,(H,30,31,32). The summed E-state index contributed by atoms with van der Waals surface area (Å²) in [6.45, 7) is 11.9. The van der Waals surface area contributed by atoms with E-state index in [2.05, 4.69) is 51.3 Å². The molecule has 11 heteroatoms. The molecule has 0 radical (unpaired) electrons. The summed E-state index contributed by atoms with van der Waals surface area (Å²) in [4.78, 5) is 37.1. The van der Waals surface area contributed by atoms with Gasteiger partial charge < -0.3 is 15.5 Å². The van der Waals surface area contributed by atoms with Gasteiger partial charge in [-0.25, -0.2) is 19.0 Å². The molecular weight excluding hydrogens is 494 g/mol. The van der Waals surface area contributed by atoms with E-state index in [1.165, 1.54) is 27.3 Å². The molecule has 3 aromatic heterocycles. The highest BCUT2D eigenvalue weighted by Gasteiger charge is 2.21. The number of nitrogens with zero attached hydrogens (tertiary/aromatic N) is 7. The van der Waals surface area contributed by atoms with E-state index in [-0.39, 0.29) is 23.7 Å². The van der Waals surface area contributed by atoms with E-state index in [1.54, 1.807) is 16.8 Å². The highest BCUT2D eigenvalue weighted by Crippen LogP contribution is 2.28. The number of hydrogen-bond donors (Lipinski definition) is 2. The fraction of sp³-hybridized carbons (Fsp3) is 0.393. The molecule has 1 aliphatic heterocycles. The van der Waals surface area contributed by atoms with E-state index in [0.29, 0.717) is 28.8 Å². The van der Waals surface area contributed by atoms with Gasteiger partial charge in [-0.3, -0.25) is 9.59 Å². The minimum atomic E-state index is -0.261. The third-order valence-electron chi connectivity index (χ3n) is 7.19. The maximum atomic E-state index is 13.2. The van der Waals surface area contributed by atoms with Gasteiger partial charge in [-0.05, 0) is 70.5 Å². The lowest BCUT2D eigenvalue weighted by atomic mass is 10.0. The number of piperidine rings is 1. The zero-order valence-electron chi connectivity index (χ0n) is 22.9. The molecule has 1 aliphatic rings. The quantitative estimate of drug-likeness (QED) is 0.335. The second-order valence-electron chi connectivity index (χ2n) is 10.2. The van der Waals surface area contributed by atoms with Crippen molar-refractivity contribution in [1.82, 2.24) is 34.4 Å². The fourth-order valence-corrected chi connectivity index (χ4v) is 5.13. The number of hydrogen-bond acceptors (Lipinski definition) is 8. The molecule has 0 aliphatic carbocycles. The van der Waals surface area contributed by atoms with Crippen LogP contribution in [0.15, 0.2) is 58.8 Å². The van der Waals surface area contributed by atoms with Crippen LogP contribution < -0.4 is 26.7 Å². The summed E-state index contributed by atoms with van der Waals surface area (Å²) in [5.41, 5.74) is 3.16. The Bertz CT molecular complexity index is 1620. The van der Waals surface area contributed by atoms with Crippen molar-refractivity contribution in [3.8, 4) is 5.82 Å². The summed E-state index contributed by atoms with van der Waals surface area (Å²) < 4.78 is 4.49. The minimum absolute atomic E-state index is 0.147. The summed E-state index contributed by atoms with van der Waals surface area (Å²) in [5.74, 6) is 0.760. The summed E-state index contributed by atoms with van der Waals surface area (Å²) in [5, 5.41) is 11.5. The van der Waals surface area contributed by atoms with Crippen molar-refractivity contribution in [1.29, 1.82) is 0 Å².